The van der Waals surface area contributed by atoms with Crippen LogP contribution in [0.2, 0.25) is 0 Å². The van der Waals surface area contributed by atoms with E-state index in [1.165, 1.54) is 11.8 Å². The fraction of sp³-hybridized carbons (Fsp3) is 0.0769. The van der Waals surface area contributed by atoms with Gasteiger partial charge >= 0.3 is 0 Å². The van der Waals surface area contributed by atoms with Crippen molar-refractivity contribution < 1.29 is 4.42 Å². The number of nitrogens with zero attached hydrogens (tertiary/aromatic N) is 2. The molecule has 2 N–H and O–H groups in total. The zero-order valence-corrected chi connectivity index (χ0v) is 10.6. The van der Waals surface area contributed by atoms with Crippen molar-refractivity contribution in [3.8, 4) is 0 Å². The highest BCUT2D eigenvalue weighted by molar-refractivity contribution is 7.99. The summed E-state index contributed by atoms with van der Waals surface area (Å²) in [4.78, 5) is 9.61. The van der Waals surface area contributed by atoms with Crippen LogP contribution < -0.4 is 5.73 Å². The van der Waals surface area contributed by atoms with Crippen LogP contribution in [0.5, 0.6) is 0 Å². The summed E-state index contributed by atoms with van der Waals surface area (Å²) in [7, 11) is 0. The van der Waals surface area contributed by atoms with Gasteiger partial charge in [0, 0.05) is 28.5 Å². The predicted octanol–water partition coefficient (Wildman–Crippen LogP) is 3.26. The molecule has 0 aliphatic heterocycles. The molecule has 3 aromatic rings. The predicted molar refractivity (Wildman–Crippen MR) is 71.5 cm³/mol. The molecule has 5 heteroatoms. The van der Waals surface area contributed by atoms with E-state index in [-0.39, 0.29) is 0 Å². The minimum absolute atomic E-state index is 0.612. The van der Waals surface area contributed by atoms with Crippen molar-refractivity contribution in [2.75, 3.05) is 5.73 Å². The molecule has 0 saturated carbocycles. The van der Waals surface area contributed by atoms with Crippen LogP contribution >= 0.6 is 11.8 Å². The molecule has 0 aliphatic rings. The number of nitrogens with two attached hydrogens (primary N) is 1. The molecular weight excluding hydrogens is 246 g/mol. The van der Waals surface area contributed by atoms with Crippen LogP contribution in [0, 0.1) is 6.92 Å². The highest BCUT2D eigenvalue weighted by Gasteiger charge is 2.07. The largest absolute Gasteiger partial charge is 0.431 e. The Morgan fingerprint density at radius 2 is 2.11 bits per heavy atom. The van der Waals surface area contributed by atoms with E-state index in [1.54, 1.807) is 12.3 Å². The number of fused-ring (bicyclic) bond motifs is 1. The van der Waals surface area contributed by atoms with Gasteiger partial charge < -0.3 is 10.2 Å². The molecule has 3 rings (SSSR count). The maximum absolute atomic E-state index is 5.70. The van der Waals surface area contributed by atoms with Crippen LogP contribution in [0.25, 0.3) is 11.1 Å². The van der Waals surface area contributed by atoms with Crippen molar-refractivity contribution >= 4 is 28.5 Å². The van der Waals surface area contributed by atoms with Crippen molar-refractivity contribution in [2.24, 2.45) is 0 Å². The Morgan fingerprint density at radius 3 is 2.94 bits per heavy atom. The van der Waals surface area contributed by atoms with Gasteiger partial charge in [0.25, 0.3) is 5.22 Å². The summed E-state index contributed by atoms with van der Waals surface area (Å²) in [6.07, 6.45) is 1.78. The highest BCUT2D eigenvalue weighted by Crippen LogP contribution is 2.30. The Bertz CT molecular complexity index is 708. The lowest BCUT2D eigenvalue weighted by Gasteiger charge is -1.96. The van der Waals surface area contributed by atoms with Crippen LogP contribution in [0.15, 0.2) is 51.1 Å². The molecular formula is C13H11N3OS. The van der Waals surface area contributed by atoms with E-state index in [0.717, 1.165) is 16.1 Å². The van der Waals surface area contributed by atoms with Gasteiger partial charge in [0.1, 0.15) is 5.52 Å². The normalized spacial score (nSPS) is 10.9. The van der Waals surface area contributed by atoms with Crippen LogP contribution in [0.1, 0.15) is 5.69 Å². The number of hydrogen-bond donors (Lipinski definition) is 1. The van der Waals surface area contributed by atoms with Gasteiger partial charge in [-0.25, -0.2) is 4.98 Å². The molecule has 0 amide bonds. The smallest absolute Gasteiger partial charge is 0.261 e. The third-order valence-electron chi connectivity index (χ3n) is 2.47. The lowest BCUT2D eigenvalue weighted by atomic mass is 10.3. The van der Waals surface area contributed by atoms with E-state index in [9.17, 15) is 0 Å². The molecule has 0 aliphatic carbocycles. The molecule has 2 aromatic heterocycles. The van der Waals surface area contributed by atoms with E-state index < -0.39 is 0 Å². The van der Waals surface area contributed by atoms with E-state index >= 15 is 0 Å². The van der Waals surface area contributed by atoms with Gasteiger partial charge in [-0.1, -0.05) is 0 Å². The topological polar surface area (TPSA) is 64.9 Å². The van der Waals surface area contributed by atoms with E-state index in [1.807, 2.05) is 31.2 Å². The molecule has 0 spiro atoms. The number of anilines is 1. The van der Waals surface area contributed by atoms with Gasteiger partial charge in [0.15, 0.2) is 5.58 Å². The van der Waals surface area contributed by atoms with Crippen molar-refractivity contribution in [3.05, 3.63) is 42.2 Å². The Kier molecular flexibility index (Phi) is 2.68. The minimum atomic E-state index is 0.612. The summed E-state index contributed by atoms with van der Waals surface area (Å²) in [5, 5.41) is 0.612. The second kappa shape index (κ2) is 4.34. The number of aryl methyl sites for hydroxylation is 1. The first-order valence-corrected chi connectivity index (χ1v) is 6.29. The van der Waals surface area contributed by atoms with E-state index in [0.29, 0.717) is 16.5 Å². The third-order valence-corrected chi connectivity index (χ3v) is 3.31. The van der Waals surface area contributed by atoms with Gasteiger partial charge in [-0.2, -0.15) is 0 Å². The van der Waals surface area contributed by atoms with Gasteiger partial charge in [-0.15, -0.1) is 0 Å². The molecule has 0 saturated heterocycles. The van der Waals surface area contributed by atoms with Crippen LogP contribution in [0.3, 0.4) is 0 Å². The lowest BCUT2D eigenvalue weighted by Crippen LogP contribution is -1.81. The molecule has 18 heavy (non-hydrogen) atoms. The summed E-state index contributed by atoms with van der Waals surface area (Å²) in [6, 6.07) is 9.38. The number of oxazole rings is 1. The van der Waals surface area contributed by atoms with Gasteiger partial charge in [0.2, 0.25) is 0 Å². The number of rotatable bonds is 2. The fourth-order valence-electron chi connectivity index (χ4n) is 1.65. The first-order valence-electron chi connectivity index (χ1n) is 5.47. The monoisotopic (exact) mass is 257 g/mol. The average molecular weight is 257 g/mol. The van der Waals surface area contributed by atoms with Crippen LogP contribution in [-0.2, 0) is 0 Å². The Hall–Kier alpha value is -2.01. The van der Waals surface area contributed by atoms with Crippen molar-refractivity contribution in [2.45, 2.75) is 17.0 Å². The first kappa shape index (κ1) is 11.1. The average Bonchev–Trinajstić information content (AvgIpc) is 2.70. The lowest BCUT2D eigenvalue weighted by molar-refractivity contribution is 0.489. The maximum atomic E-state index is 5.70. The van der Waals surface area contributed by atoms with Crippen molar-refractivity contribution in [1.82, 2.24) is 9.97 Å². The molecule has 4 nitrogen and oxygen atoms in total. The highest BCUT2D eigenvalue weighted by atomic mass is 32.2. The molecule has 2 heterocycles. The van der Waals surface area contributed by atoms with Gasteiger partial charge in [-0.05, 0) is 43.0 Å². The van der Waals surface area contributed by atoms with Crippen LogP contribution in [-0.4, -0.2) is 9.97 Å². The maximum Gasteiger partial charge on any atom is 0.261 e. The Labute approximate surface area is 108 Å². The van der Waals surface area contributed by atoms with Crippen LogP contribution in [0.4, 0.5) is 5.69 Å². The number of hydrogen-bond acceptors (Lipinski definition) is 5. The summed E-state index contributed by atoms with van der Waals surface area (Å²) in [5.74, 6) is 0. The molecule has 0 unspecified atom stereocenters. The van der Waals surface area contributed by atoms with Crippen molar-refractivity contribution in [3.63, 3.8) is 0 Å². The molecule has 90 valence electrons. The fourth-order valence-corrected chi connectivity index (χ4v) is 2.48. The Morgan fingerprint density at radius 1 is 1.22 bits per heavy atom. The molecule has 0 radical (unpaired) electrons. The summed E-state index contributed by atoms with van der Waals surface area (Å²) < 4.78 is 5.64. The SMILES string of the molecule is Cc1cc(Sc2nc3ccc(N)cc3o2)ccn1. The van der Waals surface area contributed by atoms with Crippen molar-refractivity contribution in [1.29, 1.82) is 0 Å². The number of aromatic nitrogens is 2. The number of nitrogen functional groups attached to an aromatic ring is 1. The zero-order chi connectivity index (χ0) is 12.5. The van der Waals surface area contributed by atoms with Gasteiger partial charge in [-0.3, -0.25) is 4.98 Å². The summed E-state index contributed by atoms with van der Waals surface area (Å²) in [6.45, 7) is 1.96. The molecule has 0 bridgehead atoms. The zero-order valence-electron chi connectivity index (χ0n) is 9.75. The molecule has 0 atom stereocenters. The summed E-state index contributed by atoms with van der Waals surface area (Å²) >= 11 is 1.47. The second-order valence-electron chi connectivity index (χ2n) is 3.94. The molecule has 1 aromatic carbocycles. The standard InChI is InChI=1S/C13H11N3OS/c1-8-6-10(4-5-15-8)18-13-16-11-3-2-9(14)7-12(11)17-13/h2-7H,14H2,1H3. The number of benzene rings is 1. The second-order valence-corrected chi connectivity index (χ2v) is 4.97. The van der Waals surface area contributed by atoms with E-state index in [2.05, 4.69) is 9.97 Å². The minimum Gasteiger partial charge on any atom is -0.431 e. The quantitative estimate of drug-likeness (QED) is 0.714. The third kappa shape index (κ3) is 2.17. The molecule has 0 fully saturated rings. The van der Waals surface area contributed by atoms with E-state index in [4.69, 9.17) is 10.2 Å². The number of pyridine rings is 1. The van der Waals surface area contributed by atoms with Gasteiger partial charge in [0.05, 0.1) is 0 Å². The first-order chi connectivity index (χ1) is 8.70. The Balaban J connectivity index is 1.95. The summed E-state index contributed by atoms with van der Waals surface area (Å²) in [5.41, 5.74) is 8.88.